The molecule has 0 fully saturated rings. The molecule has 0 aromatic carbocycles. The lowest BCUT2D eigenvalue weighted by Gasteiger charge is -2.14. The molecule has 0 N–H and O–H groups in total. The van der Waals surface area contributed by atoms with Gasteiger partial charge >= 0.3 is 11.9 Å². The van der Waals surface area contributed by atoms with Gasteiger partial charge in [0, 0.05) is 12.8 Å². The van der Waals surface area contributed by atoms with Gasteiger partial charge in [0.2, 0.25) is 0 Å². The summed E-state index contributed by atoms with van der Waals surface area (Å²) in [6, 6.07) is 0. The number of hydrogen-bond acceptors (Lipinski definition) is 4. The normalized spacial score (nSPS) is 12.2. The lowest BCUT2D eigenvalue weighted by atomic mass is 10.1. The third-order valence-corrected chi connectivity index (χ3v) is 4.51. The average Bonchev–Trinajstić information content (AvgIpc) is 2.58. The average molecular weight is 371 g/mol. The zero-order chi connectivity index (χ0) is 19.6. The van der Waals surface area contributed by atoms with Crippen LogP contribution in [0.4, 0.5) is 0 Å². The van der Waals surface area contributed by atoms with Gasteiger partial charge < -0.3 is 9.47 Å². The third-order valence-electron chi connectivity index (χ3n) is 4.51. The highest BCUT2D eigenvalue weighted by atomic mass is 16.5. The maximum atomic E-state index is 11.7. The molecule has 154 valence electrons. The standard InChI is InChI=1S/C22H42O4/c1-5-6-7-8-9-10-11-12-18-25-21(23)14-13-15-22(24)26-20(4)17-16-19(2)3/h19-20H,5-18H2,1-4H3. The summed E-state index contributed by atoms with van der Waals surface area (Å²) in [5.74, 6) is 0.206. The van der Waals surface area contributed by atoms with Crippen molar-refractivity contribution in [1.82, 2.24) is 0 Å². The summed E-state index contributed by atoms with van der Waals surface area (Å²) in [5, 5.41) is 0. The molecule has 1 atom stereocenters. The van der Waals surface area contributed by atoms with E-state index in [1.165, 1.54) is 38.5 Å². The van der Waals surface area contributed by atoms with Crippen molar-refractivity contribution in [3.05, 3.63) is 0 Å². The van der Waals surface area contributed by atoms with Crippen LogP contribution in [0.3, 0.4) is 0 Å². The molecule has 0 saturated carbocycles. The Bertz CT molecular complexity index is 352. The van der Waals surface area contributed by atoms with E-state index in [2.05, 4.69) is 20.8 Å². The van der Waals surface area contributed by atoms with Crippen LogP contribution >= 0.6 is 0 Å². The zero-order valence-electron chi connectivity index (χ0n) is 17.7. The fourth-order valence-electron chi connectivity index (χ4n) is 2.78. The number of ether oxygens (including phenoxy) is 2. The highest BCUT2D eigenvalue weighted by Gasteiger charge is 2.11. The number of unbranched alkanes of at least 4 members (excludes halogenated alkanes) is 7. The molecule has 1 unspecified atom stereocenters. The summed E-state index contributed by atoms with van der Waals surface area (Å²) in [5.41, 5.74) is 0. The molecule has 0 aromatic heterocycles. The Balaban J connectivity index is 3.46. The summed E-state index contributed by atoms with van der Waals surface area (Å²) in [6.45, 7) is 8.98. The van der Waals surface area contributed by atoms with Gasteiger partial charge in [-0.2, -0.15) is 0 Å². The molecular formula is C22H42O4. The summed E-state index contributed by atoms with van der Waals surface area (Å²) in [7, 11) is 0. The first-order valence-electron chi connectivity index (χ1n) is 10.8. The van der Waals surface area contributed by atoms with Gasteiger partial charge in [0.15, 0.2) is 0 Å². The summed E-state index contributed by atoms with van der Waals surface area (Å²) < 4.78 is 10.6. The Kier molecular flexibility index (Phi) is 16.7. The van der Waals surface area contributed by atoms with Crippen LogP contribution in [0.5, 0.6) is 0 Å². The van der Waals surface area contributed by atoms with Crippen LogP contribution in [0.1, 0.15) is 111 Å². The number of rotatable bonds is 17. The maximum Gasteiger partial charge on any atom is 0.306 e. The second kappa shape index (κ2) is 17.4. The van der Waals surface area contributed by atoms with Crippen molar-refractivity contribution in [2.24, 2.45) is 5.92 Å². The topological polar surface area (TPSA) is 52.6 Å². The highest BCUT2D eigenvalue weighted by Crippen LogP contribution is 2.11. The molecule has 0 heterocycles. The van der Waals surface area contributed by atoms with Crippen molar-refractivity contribution in [3.8, 4) is 0 Å². The van der Waals surface area contributed by atoms with Crippen LogP contribution in [-0.2, 0) is 19.1 Å². The molecule has 0 saturated heterocycles. The van der Waals surface area contributed by atoms with Gasteiger partial charge in [0.05, 0.1) is 12.7 Å². The van der Waals surface area contributed by atoms with Gasteiger partial charge in [-0.05, 0) is 38.5 Å². The van der Waals surface area contributed by atoms with E-state index < -0.39 is 0 Å². The Labute approximate surface area is 161 Å². The minimum atomic E-state index is -0.211. The summed E-state index contributed by atoms with van der Waals surface area (Å²) in [4.78, 5) is 23.4. The van der Waals surface area contributed by atoms with E-state index in [0.717, 1.165) is 25.7 Å². The van der Waals surface area contributed by atoms with Crippen molar-refractivity contribution in [3.63, 3.8) is 0 Å². The molecule has 0 aromatic rings. The minimum Gasteiger partial charge on any atom is -0.466 e. The maximum absolute atomic E-state index is 11.7. The van der Waals surface area contributed by atoms with Crippen LogP contribution in [0.2, 0.25) is 0 Å². The lowest BCUT2D eigenvalue weighted by Crippen LogP contribution is -2.16. The van der Waals surface area contributed by atoms with E-state index in [9.17, 15) is 9.59 Å². The quantitative estimate of drug-likeness (QED) is 0.226. The predicted octanol–water partition coefficient (Wildman–Crippen LogP) is 6.21. The molecule has 26 heavy (non-hydrogen) atoms. The van der Waals surface area contributed by atoms with E-state index in [0.29, 0.717) is 31.8 Å². The fraction of sp³-hybridized carbons (Fsp3) is 0.909. The second-order valence-electron chi connectivity index (χ2n) is 7.82. The van der Waals surface area contributed by atoms with Gasteiger partial charge in [0.1, 0.15) is 0 Å². The third kappa shape index (κ3) is 17.8. The molecule has 0 aliphatic heterocycles. The molecule has 0 aliphatic carbocycles. The van der Waals surface area contributed by atoms with Crippen molar-refractivity contribution in [1.29, 1.82) is 0 Å². The van der Waals surface area contributed by atoms with Crippen molar-refractivity contribution < 1.29 is 19.1 Å². The van der Waals surface area contributed by atoms with Crippen LogP contribution in [0.25, 0.3) is 0 Å². The molecule has 4 nitrogen and oxygen atoms in total. The lowest BCUT2D eigenvalue weighted by molar-refractivity contribution is -0.149. The first kappa shape index (κ1) is 24.9. The first-order chi connectivity index (χ1) is 12.5. The second-order valence-corrected chi connectivity index (χ2v) is 7.82. The van der Waals surface area contributed by atoms with Crippen LogP contribution in [0.15, 0.2) is 0 Å². The van der Waals surface area contributed by atoms with Gasteiger partial charge in [0.25, 0.3) is 0 Å². The van der Waals surface area contributed by atoms with Crippen LogP contribution < -0.4 is 0 Å². The molecule has 0 radical (unpaired) electrons. The Hall–Kier alpha value is -1.06. The van der Waals surface area contributed by atoms with E-state index >= 15 is 0 Å². The molecule has 0 bridgehead atoms. The van der Waals surface area contributed by atoms with Crippen LogP contribution in [-0.4, -0.2) is 24.6 Å². The Morgan fingerprint density at radius 1 is 0.731 bits per heavy atom. The highest BCUT2D eigenvalue weighted by molar-refractivity contribution is 5.72. The van der Waals surface area contributed by atoms with Gasteiger partial charge in [-0.25, -0.2) is 0 Å². The number of esters is 2. The van der Waals surface area contributed by atoms with Crippen molar-refractivity contribution in [2.75, 3.05) is 6.61 Å². The SMILES string of the molecule is CCCCCCCCCCOC(=O)CCCC(=O)OC(C)CCC(C)C. The molecule has 0 spiro atoms. The Morgan fingerprint density at radius 2 is 1.31 bits per heavy atom. The van der Waals surface area contributed by atoms with E-state index in [4.69, 9.17) is 9.47 Å². The largest absolute Gasteiger partial charge is 0.466 e. The predicted molar refractivity (Wildman–Crippen MR) is 107 cm³/mol. The molecule has 4 heteroatoms. The molecular weight excluding hydrogens is 328 g/mol. The van der Waals surface area contributed by atoms with Gasteiger partial charge in [-0.15, -0.1) is 0 Å². The summed E-state index contributed by atoms with van der Waals surface area (Å²) >= 11 is 0. The first-order valence-corrected chi connectivity index (χ1v) is 10.8. The summed E-state index contributed by atoms with van der Waals surface area (Å²) in [6.07, 6.45) is 12.8. The molecule has 0 aliphatic rings. The van der Waals surface area contributed by atoms with E-state index in [-0.39, 0.29) is 18.0 Å². The fourth-order valence-corrected chi connectivity index (χ4v) is 2.78. The monoisotopic (exact) mass is 370 g/mol. The smallest absolute Gasteiger partial charge is 0.306 e. The van der Waals surface area contributed by atoms with Crippen LogP contribution in [0, 0.1) is 5.92 Å². The number of carbonyl (C=O) groups is 2. The molecule has 0 amide bonds. The minimum absolute atomic E-state index is 0.0428. The van der Waals surface area contributed by atoms with Gasteiger partial charge in [-0.3, -0.25) is 9.59 Å². The number of hydrogen-bond donors (Lipinski definition) is 0. The van der Waals surface area contributed by atoms with E-state index in [1.54, 1.807) is 0 Å². The zero-order valence-corrected chi connectivity index (χ0v) is 17.7. The van der Waals surface area contributed by atoms with Gasteiger partial charge in [-0.1, -0.05) is 65.7 Å². The van der Waals surface area contributed by atoms with Crippen molar-refractivity contribution >= 4 is 11.9 Å². The van der Waals surface area contributed by atoms with Crippen molar-refractivity contribution in [2.45, 2.75) is 117 Å². The molecule has 0 rings (SSSR count). The number of carbonyl (C=O) groups excluding carboxylic acids is 2. The van der Waals surface area contributed by atoms with E-state index in [1.807, 2.05) is 6.92 Å². The Morgan fingerprint density at radius 3 is 1.92 bits per heavy atom.